The van der Waals surface area contributed by atoms with Crippen molar-refractivity contribution in [1.29, 1.82) is 0 Å². The molecule has 0 saturated heterocycles. The van der Waals surface area contributed by atoms with Crippen molar-refractivity contribution in [1.82, 2.24) is 0 Å². The lowest BCUT2D eigenvalue weighted by atomic mass is 10.2. The molecule has 60 valence electrons. The molecule has 0 heterocycles. The van der Waals surface area contributed by atoms with Crippen LogP contribution < -0.4 is 15.6 Å². The van der Waals surface area contributed by atoms with Crippen molar-refractivity contribution >= 4 is 0 Å². The normalized spacial score (nSPS) is 10.3. The first kappa shape index (κ1) is 7.78. The number of hydrogen-bond acceptors (Lipinski definition) is 4. The minimum atomic E-state index is -0.851. The third-order valence-corrected chi connectivity index (χ3v) is 1.29. The number of aromatic hydroxyl groups is 1. The minimum absolute atomic E-state index is 0.183. The Bertz CT molecular complexity index is 319. The van der Waals surface area contributed by atoms with Crippen LogP contribution in [0.4, 0.5) is 0 Å². The van der Waals surface area contributed by atoms with Gasteiger partial charge in [0.05, 0.1) is 6.61 Å². The molecule has 1 N–H and O–H groups in total. The van der Waals surface area contributed by atoms with Gasteiger partial charge in [-0.25, -0.2) is 0 Å². The van der Waals surface area contributed by atoms with Gasteiger partial charge in [-0.15, -0.1) is 0 Å². The first-order valence-electron chi connectivity index (χ1n) is 3.33. The lowest BCUT2D eigenvalue weighted by Gasteiger charge is -2.05. The second-order valence-corrected chi connectivity index (χ2v) is 2.18. The van der Waals surface area contributed by atoms with Crippen LogP contribution in [0, 0.1) is 0 Å². The Balaban J connectivity index is 2.75. The predicted molar refractivity (Wildman–Crippen MR) is 38.8 cm³/mol. The quantitative estimate of drug-likeness (QED) is 0.614. The van der Waals surface area contributed by atoms with Crippen LogP contribution in [0.1, 0.15) is 13.3 Å². The molecule has 0 spiro atoms. The molecule has 0 unspecified atom stereocenters. The van der Waals surface area contributed by atoms with Gasteiger partial charge in [-0.2, -0.15) is 0 Å². The minimum Gasteiger partial charge on any atom is -0.501 e. The SMILES string of the molecule is CCCOc1c(O)c(=O)c1=O. The van der Waals surface area contributed by atoms with E-state index in [0.717, 1.165) is 6.42 Å². The predicted octanol–water partition coefficient (Wildman–Crippen LogP) is -0.223. The van der Waals surface area contributed by atoms with Gasteiger partial charge in [0.2, 0.25) is 11.5 Å². The fourth-order valence-corrected chi connectivity index (χ4v) is 0.697. The average Bonchev–Trinajstić information content (AvgIpc) is 2.04. The van der Waals surface area contributed by atoms with E-state index in [4.69, 9.17) is 9.84 Å². The van der Waals surface area contributed by atoms with Crippen LogP contribution in [0.5, 0.6) is 11.5 Å². The highest BCUT2D eigenvalue weighted by molar-refractivity contribution is 5.44. The van der Waals surface area contributed by atoms with Gasteiger partial charge < -0.3 is 9.84 Å². The molecule has 0 aromatic heterocycles. The molecule has 0 saturated carbocycles. The van der Waals surface area contributed by atoms with Crippen LogP contribution in [0.25, 0.3) is 0 Å². The molecule has 4 heteroatoms. The zero-order valence-electron chi connectivity index (χ0n) is 6.09. The summed E-state index contributed by atoms with van der Waals surface area (Å²) >= 11 is 0. The number of hydrogen-bond donors (Lipinski definition) is 1. The zero-order chi connectivity index (χ0) is 8.43. The molecule has 11 heavy (non-hydrogen) atoms. The monoisotopic (exact) mass is 156 g/mol. The Morgan fingerprint density at radius 3 is 2.45 bits per heavy atom. The maximum atomic E-state index is 10.6. The van der Waals surface area contributed by atoms with Crippen molar-refractivity contribution in [3.8, 4) is 11.5 Å². The molecule has 0 fully saturated rings. The van der Waals surface area contributed by atoms with Gasteiger partial charge in [0.25, 0.3) is 10.9 Å². The van der Waals surface area contributed by atoms with E-state index < -0.39 is 16.6 Å². The van der Waals surface area contributed by atoms with Gasteiger partial charge in [0.1, 0.15) is 0 Å². The standard InChI is InChI=1S/C7H8O4/c1-2-3-11-7-5(9)4(8)6(7)10/h9H,2-3H2,1H3. The van der Waals surface area contributed by atoms with E-state index in [9.17, 15) is 9.59 Å². The Labute approximate surface area is 62.7 Å². The molecule has 1 aromatic carbocycles. The lowest BCUT2D eigenvalue weighted by molar-refractivity contribution is 0.288. The summed E-state index contributed by atoms with van der Waals surface area (Å²) in [6.45, 7) is 2.21. The summed E-state index contributed by atoms with van der Waals surface area (Å²) in [5, 5.41) is 8.76. The third-order valence-electron chi connectivity index (χ3n) is 1.29. The van der Waals surface area contributed by atoms with Crippen LogP contribution in [0.3, 0.4) is 0 Å². The maximum Gasteiger partial charge on any atom is 0.275 e. The maximum absolute atomic E-state index is 10.6. The van der Waals surface area contributed by atoms with E-state index in [-0.39, 0.29) is 5.75 Å². The first-order valence-corrected chi connectivity index (χ1v) is 3.33. The number of ether oxygens (including phenoxy) is 1. The molecule has 0 aliphatic carbocycles. The molecule has 0 amide bonds. The van der Waals surface area contributed by atoms with E-state index in [1.165, 1.54) is 0 Å². The van der Waals surface area contributed by atoms with E-state index in [0.29, 0.717) is 6.61 Å². The summed E-state index contributed by atoms with van der Waals surface area (Å²) in [5.41, 5.74) is -1.58. The summed E-state index contributed by atoms with van der Waals surface area (Å²) in [5.74, 6) is -0.722. The largest absolute Gasteiger partial charge is 0.501 e. The van der Waals surface area contributed by atoms with Gasteiger partial charge in [-0.05, 0) is 6.42 Å². The highest BCUT2D eigenvalue weighted by atomic mass is 16.5. The van der Waals surface area contributed by atoms with Crippen molar-refractivity contribution in [2.45, 2.75) is 13.3 Å². The highest BCUT2D eigenvalue weighted by Gasteiger charge is 2.20. The van der Waals surface area contributed by atoms with Crippen LogP contribution in [0.2, 0.25) is 0 Å². The van der Waals surface area contributed by atoms with Crippen molar-refractivity contribution in [2.24, 2.45) is 0 Å². The van der Waals surface area contributed by atoms with Crippen molar-refractivity contribution in [3.05, 3.63) is 20.4 Å². The number of rotatable bonds is 3. The van der Waals surface area contributed by atoms with E-state index in [1.807, 2.05) is 6.92 Å². The first-order chi connectivity index (χ1) is 5.18. The smallest absolute Gasteiger partial charge is 0.275 e. The van der Waals surface area contributed by atoms with E-state index in [1.54, 1.807) is 0 Å². The van der Waals surface area contributed by atoms with Crippen LogP contribution in [-0.2, 0) is 0 Å². The second kappa shape index (κ2) is 2.74. The molecule has 0 aliphatic rings. The molecule has 1 rings (SSSR count). The van der Waals surface area contributed by atoms with Crippen LogP contribution in [-0.4, -0.2) is 11.7 Å². The van der Waals surface area contributed by atoms with Gasteiger partial charge in [-0.1, -0.05) is 6.92 Å². The highest BCUT2D eigenvalue weighted by Crippen LogP contribution is 2.17. The van der Waals surface area contributed by atoms with Crippen molar-refractivity contribution in [2.75, 3.05) is 6.61 Å². The Kier molecular flexibility index (Phi) is 1.94. The summed E-state index contributed by atoms with van der Waals surface area (Å²) in [7, 11) is 0. The molecular formula is C7H8O4. The Morgan fingerprint density at radius 2 is 2.00 bits per heavy atom. The molecular weight excluding hydrogens is 148 g/mol. The molecule has 0 radical (unpaired) electrons. The van der Waals surface area contributed by atoms with Gasteiger partial charge in [-0.3, -0.25) is 9.59 Å². The summed E-state index contributed by atoms with van der Waals surface area (Å²) in [6.07, 6.45) is 0.734. The summed E-state index contributed by atoms with van der Waals surface area (Å²) in [4.78, 5) is 21.0. The van der Waals surface area contributed by atoms with Gasteiger partial charge in [0.15, 0.2) is 0 Å². The second-order valence-electron chi connectivity index (χ2n) is 2.18. The molecule has 1 aromatic rings. The molecule has 0 aliphatic heterocycles. The lowest BCUT2D eigenvalue weighted by Crippen LogP contribution is -2.31. The fourth-order valence-electron chi connectivity index (χ4n) is 0.697. The van der Waals surface area contributed by atoms with Gasteiger partial charge >= 0.3 is 0 Å². The zero-order valence-corrected chi connectivity index (χ0v) is 6.09. The Morgan fingerprint density at radius 1 is 1.36 bits per heavy atom. The molecule has 4 nitrogen and oxygen atoms in total. The fraction of sp³-hybridized carbons (Fsp3) is 0.429. The van der Waals surface area contributed by atoms with Crippen LogP contribution in [0.15, 0.2) is 9.59 Å². The Hall–Kier alpha value is -1.32. The third kappa shape index (κ3) is 1.11. The summed E-state index contributed by atoms with van der Waals surface area (Å²) < 4.78 is 4.78. The topological polar surface area (TPSA) is 63.6 Å². The van der Waals surface area contributed by atoms with Crippen LogP contribution >= 0.6 is 0 Å². The van der Waals surface area contributed by atoms with E-state index in [2.05, 4.69) is 0 Å². The summed E-state index contributed by atoms with van der Waals surface area (Å²) in [6, 6.07) is 0. The van der Waals surface area contributed by atoms with Gasteiger partial charge in [0, 0.05) is 0 Å². The van der Waals surface area contributed by atoms with E-state index >= 15 is 0 Å². The molecule has 0 bridgehead atoms. The van der Waals surface area contributed by atoms with Crippen molar-refractivity contribution < 1.29 is 9.84 Å². The average molecular weight is 156 g/mol. The molecule has 0 atom stereocenters. The van der Waals surface area contributed by atoms with Crippen molar-refractivity contribution in [3.63, 3.8) is 0 Å².